The Balaban J connectivity index is 1.47. The second-order valence-electron chi connectivity index (χ2n) is 8.06. The fraction of sp³-hybridized carbons (Fsp3) is 0.200. The molecule has 10 heteroatoms. The molecule has 0 saturated carbocycles. The number of aryl methyl sites for hydroxylation is 1. The molecule has 2 heterocycles. The molecule has 0 aliphatic carbocycles. The molecular formula is C25H25N5O4S. The summed E-state index contributed by atoms with van der Waals surface area (Å²) in [6.07, 6.45) is 0.121. The van der Waals surface area contributed by atoms with E-state index in [9.17, 15) is 19.2 Å². The number of hydrogen-bond donors (Lipinski definition) is 2. The lowest BCUT2D eigenvalue weighted by molar-refractivity contribution is -0.116. The molecule has 2 aromatic carbocycles. The summed E-state index contributed by atoms with van der Waals surface area (Å²) in [7, 11) is 1.75. The van der Waals surface area contributed by atoms with Crippen LogP contribution < -0.4 is 21.1 Å². The van der Waals surface area contributed by atoms with Crippen LogP contribution in [0.3, 0.4) is 0 Å². The molecule has 0 aliphatic heterocycles. The molecule has 0 saturated heterocycles. The van der Waals surface area contributed by atoms with Gasteiger partial charge in [0.2, 0.25) is 5.91 Å². The molecule has 4 rings (SSSR count). The Hall–Kier alpha value is -4.18. The zero-order chi connectivity index (χ0) is 25.1. The number of carbonyl (C=O) groups excluding carboxylic acids is 2. The van der Waals surface area contributed by atoms with E-state index in [0.717, 1.165) is 17.0 Å². The molecule has 2 N–H and O–H groups in total. The van der Waals surface area contributed by atoms with Gasteiger partial charge < -0.3 is 15.2 Å². The zero-order valence-electron chi connectivity index (χ0n) is 19.6. The summed E-state index contributed by atoms with van der Waals surface area (Å²) < 4.78 is 4.73. The van der Waals surface area contributed by atoms with Gasteiger partial charge in [-0.2, -0.15) is 0 Å². The van der Waals surface area contributed by atoms with Crippen LogP contribution in [0.1, 0.15) is 28.2 Å². The number of amides is 2. The van der Waals surface area contributed by atoms with E-state index >= 15 is 0 Å². The number of carbonyl (C=O) groups is 2. The van der Waals surface area contributed by atoms with E-state index in [4.69, 9.17) is 0 Å². The smallest absolute Gasteiger partial charge is 0.307 e. The fourth-order valence-corrected chi connectivity index (χ4v) is 4.51. The molecular weight excluding hydrogens is 466 g/mol. The summed E-state index contributed by atoms with van der Waals surface area (Å²) in [6, 6.07) is 15.6. The lowest BCUT2D eigenvalue weighted by Gasteiger charge is -2.09. The molecule has 180 valence electrons. The van der Waals surface area contributed by atoms with Crippen molar-refractivity contribution in [3.8, 4) is 5.69 Å². The van der Waals surface area contributed by atoms with Crippen molar-refractivity contribution in [1.29, 1.82) is 0 Å². The second-order valence-corrected chi connectivity index (χ2v) is 8.88. The normalized spacial score (nSPS) is 10.8. The monoisotopic (exact) mass is 491 g/mol. The van der Waals surface area contributed by atoms with Gasteiger partial charge in [0.1, 0.15) is 5.69 Å². The second kappa shape index (κ2) is 9.98. The fourth-order valence-electron chi connectivity index (χ4n) is 3.75. The third kappa shape index (κ3) is 5.02. The van der Waals surface area contributed by atoms with Crippen molar-refractivity contribution in [2.45, 2.75) is 26.8 Å². The molecule has 0 atom stereocenters. The highest BCUT2D eigenvalue weighted by Gasteiger charge is 2.19. The molecule has 0 fully saturated rings. The van der Waals surface area contributed by atoms with Crippen LogP contribution in [0.4, 0.5) is 11.4 Å². The molecule has 0 spiro atoms. The maximum Gasteiger partial charge on any atom is 0.307 e. The van der Waals surface area contributed by atoms with Gasteiger partial charge in [-0.05, 0) is 44.2 Å². The van der Waals surface area contributed by atoms with Crippen molar-refractivity contribution in [3.05, 3.63) is 96.9 Å². The minimum Gasteiger partial charge on any atom is -0.326 e. The number of benzene rings is 2. The van der Waals surface area contributed by atoms with E-state index < -0.39 is 5.91 Å². The largest absolute Gasteiger partial charge is 0.326 e. The Labute approximate surface area is 205 Å². The van der Waals surface area contributed by atoms with E-state index in [-0.39, 0.29) is 35.0 Å². The van der Waals surface area contributed by atoms with E-state index in [1.807, 2.05) is 37.3 Å². The van der Waals surface area contributed by atoms with Crippen molar-refractivity contribution in [1.82, 2.24) is 13.9 Å². The molecule has 0 bridgehead atoms. The van der Waals surface area contributed by atoms with Gasteiger partial charge in [0.25, 0.3) is 11.5 Å². The quantitative estimate of drug-likeness (QED) is 0.414. The Bertz CT molecular complexity index is 1510. The van der Waals surface area contributed by atoms with Crippen LogP contribution in [-0.2, 0) is 18.4 Å². The van der Waals surface area contributed by atoms with Gasteiger partial charge >= 0.3 is 4.87 Å². The van der Waals surface area contributed by atoms with Crippen molar-refractivity contribution in [2.24, 2.45) is 7.05 Å². The molecule has 9 nitrogen and oxygen atoms in total. The van der Waals surface area contributed by atoms with Gasteiger partial charge in [0, 0.05) is 42.3 Å². The van der Waals surface area contributed by atoms with Crippen LogP contribution in [0.25, 0.3) is 5.69 Å². The first-order chi connectivity index (χ1) is 16.8. The number of hydrogen-bond acceptors (Lipinski definition) is 5. The average molecular weight is 492 g/mol. The maximum absolute atomic E-state index is 13.1. The van der Waals surface area contributed by atoms with Crippen molar-refractivity contribution in [2.75, 3.05) is 10.6 Å². The van der Waals surface area contributed by atoms with E-state index in [0.29, 0.717) is 22.6 Å². The lowest BCUT2D eigenvalue weighted by Crippen LogP contribution is -2.23. The number of anilines is 2. The SMILES string of the molecule is Cc1csc(=O)n1CCC(=O)Nc1cccc(C(=O)Nc2c(C)n(C)n(-c3ccccc3)c2=O)c1. The highest BCUT2D eigenvalue weighted by atomic mass is 32.1. The highest BCUT2D eigenvalue weighted by molar-refractivity contribution is 7.07. The third-order valence-corrected chi connectivity index (χ3v) is 6.62. The standard InChI is InChI=1S/C25H25N5O4S/c1-16-15-35-25(34)29(16)13-12-21(31)26-19-9-7-8-18(14-19)23(32)27-22-17(2)28(3)30(24(22)33)20-10-5-4-6-11-20/h4-11,14-15H,12-13H2,1-3H3,(H,26,31)(H,27,32). The van der Waals surface area contributed by atoms with E-state index in [1.165, 1.54) is 4.68 Å². The molecule has 4 aromatic rings. The molecule has 0 aliphatic rings. The summed E-state index contributed by atoms with van der Waals surface area (Å²) in [5.41, 5.74) is 2.70. The van der Waals surface area contributed by atoms with Crippen LogP contribution >= 0.6 is 11.3 Å². The lowest BCUT2D eigenvalue weighted by atomic mass is 10.1. The topological polar surface area (TPSA) is 107 Å². The Kier molecular flexibility index (Phi) is 6.83. The predicted octanol–water partition coefficient (Wildman–Crippen LogP) is 3.30. The first kappa shape index (κ1) is 24.0. The highest BCUT2D eigenvalue weighted by Crippen LogP contribution is 2.17. The molecule has 35 heavy (non-hydrogen) atoms. The summed E-state index contributed by atoms with van der Waals surface area (Å²) in [6.45, 7) is 3.86. The zero-order valence-corrected chi connectivity index (χ0v) is 20.4. The van der Waals surface area contributed by atoms with Crippen LogP contribution in [-0.4, -0.2) is 25.7 Å². The predicted molar refractivity (Wildman–Crippen MR) is 137 cm³/mol. The van der Waals surface area contributed by atoms with Gasteiger partial charge in [-0.3, -0.25) is 23.9 Å². The maximum atomic E-state index is 13.1. The van der Waals surface area contributed by atoms with Crippen molar-refractivity contribution in [3.63, 3.8) is 0 Å². The van der Waals surface area contributed by atoms with Gasteiger partial charge in [0.15, 0.2) is 0 Å². The molecule has 2 aromatic heterocycles. The van der Waals surface area contributed by atoms with E-state index in [2.05, 4.69) is 10.6 Å². The number of nitrogens with one attached hydrogen (secondary N) is 2. The molecule has 0 radical (unpaired) electrons. The summed E-state index contributed by atoms with van der Waals surface area (Å²) in [4.78, 5) is 50.1. The number of thiazole rings is 1. The third-order valence-electron chi connectivity index (χ3n) is 5.74. The van der Waals surface area contributed by atoms with E-state index in [1.54, 1.807) is 52.9 Å². The number of nitrogens with zero attached hydrogens (tertiary/aromatic N) is 3. The number of rotatable bonds is 7. The minimum atomic E-state index is -0.465. The van der Waals surface area contributed by atoms with Crippen molar-refractivity contribution < 1.29 is 9.59 Å². The van der Waals surface area contributed by atoms with Gasteiger partial charge in [-0.25, -0.2) is 4.68 Å². The summed E-state index contributed by atoms with van der Waals surface area (Å²) in [5, 5.41) is 7.23. The van der Waals surface area contributed by atoms with Crippen LogP contribution in [0.2, 0.25) is 0 Å². The number of aromatic nitrogens is 3. The molecule has 2 amide bonds. The van der Waals surface area contributed by atoms with Crippen molar-refractivity contribution >= 4 is 34.5 Å². The Morgan fingerprint density at radius 1 is 0.971 bits per heavy atom. The first-order valence-electron chi connectivity index (χ1n) is 11.0. The summed E-state index contributed by atoms with van der Waals surface area (Å²) in [5.74, 6) is -0.739. The van der Waals surface area contributed by atoms with Gasteiger partial charge in [-0.15, -0.1) is 0 Å². The van der Waals surface area contributed by atoms with Gasteiger partial charge in [-0.1, -0.05) is 35.6 Å². The Morgan fingerprint density at radius 3 is 2.40 bits per heavy atom. The van der Waals surface area contributed by atoms with Crippen LogP contribution in [0.15, 0.2) is 69.6 Å². The number of para-hydroxylation sites is 1. The average Bonchev–Trinajstić information content (AvgIpc) is 3.28. The van der Waals surface area contributed by atoms with Gasteiger partial charge in [0.05, 0.1) is 11.4 Å². The Morgan fingerprint density at radius 2 is 1.71 bits per heavy atom. The molecule has 0 unspecified atom stereocenters. The van der Waals surface area contributed by atoms with Crippen LogP contribution in [0.5, 0.6) is 0 Å². The first-order valence-corrected chi connectivity index (χ1v) is 11.8. The van der Waals surface area contributed by atoms with Crippen LogP contribution in [0, 0.1) is 13.8 Å². The minimum absolute atomic E-state index is 0.100. The summed E-state index contributed by atoms with van der Waals surface area (Å²) >= 11 is 1.10.